The molecule has 1 heterocycles. The number of nitrogens with zero attached hydrogens (tertiary/aromatic N) is 1. The van der Waals surface area contributed by atoms with Crippen molar-refractivity contribution in [3.63, 3.8) is 0 Å². The third-order valence-electron chi connectivity index (χ3n) is 3.85. The van der Waals surface area contributed by atoms with Crippen molar-refractivity contribution in [2.45, 2.75) is 13.8 Å². The Bertz CT molecular complexity index is 675. The number of carbonyl (C=O) groups is 1. The molecule has 0 spiro atoms. The Morgan fingerprint density at radius 1 is 1.19 bits per heavy atom. The highest BCUT2D eigenvalue weighted by Gasteiger charge is 2.14. The summed E-state index contributed by atoms with van der Waals surface area (Å²) in [5.41, 5.74) is 20.0. The second-order valence-corrected chi connectivity index (χ2v) is 6.20. The van der Waals surface area contributed by atoms with Crippen LogP contribution in [0.5, 0.6) is 0 Å². The molecule has 8 heteroatoms. The molecular formula is C18H27ClN4O3. The summed E-state index contributed by atoms with van der Waals surface area (Å²) in [5, 5.41) is 0.167. The maximum absolute atomic E-state index is 11.1. The molecular weight excluding hydrogens is 356 g/mol. The van der Waals surface area contributed by atoms with Gasteiger partial charge in [-0.05, 0) is 43.2 Å². The van der Waals surface area contributed by atoms with Crippen LogP contribution in [0.3, 0.4) is 0 Å². The van der Waals surface area contributed by atoms with Crippen LogP contribution >= 0.6 is 11.6 Å². The van der Waals surface area contributed by atoms with Crippen LogP contribution < -0.4 is 17.2 Å². The van der Waals surface area contributed by atoms with Crippen LogP contribution in [0.2, 0.25) is 0 Å². The first-order valence-electron chi connectivity index (χ1n) is 8.12. The maximum Gasteiger partial charge on any atom is 0.337 e. The number of methoxy groups -OCH3 is 1. The molecule has 0 aliphatic carbocycles. The van der Waals surface area contributed by atoms with E-state index in [1.54, 1.807) is 12.1 Å². The summed E-state index contributed by atoms with van der Waals surface area (Å²) in [6.07, 6.45) is 1.56. The third-order valence-corrected chi connectivity index (χ3v) is 3.96. The molecule has 144 valence electrons. The van der Waals surface area contributed by atoms with Crippen LogP contribution in [-0.2, 0) is 9.47 Å². The molecule has 1 saturated heterocycles. The van der Waals surface area contributed by atoms with Gasteiger partial charge in [0.1, 0.15) is 11.0 Å². The van der Waals surface area contributed by atoms with E-state index in [-0.39, 0.29) is 16.9 Å². The van der Waals surface area contributed by atoms with Gasteiger partial charge in [0, 0.05) is 13.1 Å². The fourth-order valence-corrected chi connectivity index (χ4v) is 2.38. The summed E-state index contributed by atoms with van der Waals surface area (Å²) in [5.74, 6) is -0.0615. The van der Waals surface area contributed by atoms with Gasteiger partial charge in [-0.15, -0.1) is 0 Å². The van der Waals surface area contributed by atoms with Crippen molar-refractivity contribution in [1.29, 1.82) is 0 Å². The Morgan fingerprint density at radius 3 is 2.27 bits per heavy atom. The topological polar surface area (TPSA) is 117 Å². The van der Waals surface area contributed by atoms with E-state index in [0.717, 1.165) is 18.7 Å². The number of hydrogen-bond donors (Lipinski definition) is 3. The van der Waals surface area contributed by atoms with Gasteiger partial charge in [0.05, 0.1) is 31.6 Å². The molecule has 2 rings (SSSR count). The largest absolute Gasteiger partial charge is 0.465 e. The van der Waals surface area contributed by atoms with Gasteiger partial charge in [-0.25, -0.2) is 4.79 Å². The molecule has 0 amide bonds. The van der Waals surface area contributed by atoms with E-state index in [2.05, 4.69) is 4.74 Å². The van der Waals surface area contributed by atoms with E-state index < -0.39 is 0 Å². The van der Waals surface area contributed by atoms with Gasteiger partial charge < -0.3 is 31.6 Å². The van der Waals surface area contributed by atoms with Gasteiger partial charge in [0.2, 0.25) is 0 Å². The number of ether oxygens (including phenoxy) is 2. The quantitative estimate of drug-likeness (QED) is 0.412. The summed E-state index contributed by atoms with van der Waals surface area (Å²) >= 11 is 5.57. The predicted molar refractivity (Wildman–Crippen MR) is 103 cm³/mol. The number of carbonyl (C=O) groups excluding carboxylic acids is 1. The molecule has 0 aromatic heterocycles. The van der Waals surface area contributed by atoms with E-state index in [1.165, 1.54) is 12.7 Å². The van der Waals surface area contributed by atoms with Crippen LogP contribution in [0, 0.1) is 13.8 Å². The lowest BCUT2D eigenvalue weighted by atomic mass is 10.1. The Kier molecular flexibility index (Phi) is 8.81. The highest BCUT2D eigenvalue weighted by atomic mass is 35.5. The molecule has 1 aliphatic rings. The molecule has 0 saturated carbocycles. The smallest absolute Gasteiger partial charge is 0.337 e. The minimum absolute atomic E-state index is 0.167. The third kappa shape index (κ3) is 6.85. The standard InChI is InChI=1S/C10H12O2.C8H15ClN4O/c1-7-4-5-9(6-8(7)2)10(11)12-3;9-7(10)5-6(8(11)12)13-1-3-14-4-2-13/h4-6H,1-3H3;5H,1-4,10-12H2/b;7-5-. The number of benzene rings is 1. The van der Waals surface area contributed by atoms with Crippen molar-refractivity contribution < 1.29 is 14.3 Å². The SMILES string of the molecule is COC(=O)c1ccc(C)c(C)c1.NC(N)=C(/C=C(\N)Cl)N1CCOCC1. The van der Waals surface area contributed by atoms with E-state index in [9.17, 15) is 4.79 Å². The van der Waals surface area contributed by atoms with Gasteiger partial charge in [0.25, 0.3) is 0 Å². The van der Waals surface area contributed by atoms with Crippen molar-refractivity contribution in [3.8, 4) is 0 Å². The molecule has 1 aromatic rings. The first-order valence-corrected chi connectivity index (χ1v) is 8.50. The fraction of sp³-hybridized carbons (Fsp3) is 0.389. The normalized spacial score (nSPS) is 14.2. The zero-order chi connectivity index (χ0) is 19.7. The molecule has 0 unspecified atom stereocenters. The van der Waals surface area contributed by atoms with E-state index in [0.29, 0.717) is 24.5 Å². The summed E-state index contributed by atoms with van der Waals surface area (Å²) in [7, 11) is 1.39. The molecule has 1 aliphatic heterocycles. The number of allylic oxidation sites excluding steroid dienone is 1. The van der Waals surface area contributed by atoms with Crippen molar-refractivity contribution in [2.75, 3.05) is 33.4 Å². The van der Waals surface area contributed by atoms with Crippen LogP contribution in [0.15, 0.2) is 40.9 Å². The molecule has 7 nitrogen and oxygen atoms in total. The van der Waals surface area contributed by atoms with E-state index in [1.807, 2.05) is 30.9 Å². The van der Waals surface area contributed by atoms with Crippen molar-refractivity contribution in [2.24, 2.45) is 17.2 Å². The molecule has 1 fully saturated rings. The van der Waals surface area contributed by atoms with Crippen LogP contribution in [0.1, 0.15) is 21.5 Å². The Balaban J connectivity index is 0.000000263. The number of aryl methyl sites for hydroxylation is 2. The summed E-state index contributed by atoms with van der Waals surface area (Å²) in [4.78, 5) is 13.0. The van der Waals surface area contributed by atoms with Gasteiger partial charge in [-0.2, -0.15) is 0 Å². The molecule has 0 atom stereocenters. The zero-order valence-electron chi connectivity index (χ0n) is 15.4. The summed E-state index contributed by atoms with van der Waals surface area (Å²) in [6, 6.07) is 5.52. The first kappa shape index (κ1) is 21.7. The number of nitrogens with two attached hydrogens (primary N) is 3. The van der Waals surface area contributed by atoms with Gasteiger partial charge in [0.15, 0.2) is 0 Å². The molecule has 0 bridgehead atoms. The number of rotatable bonds is 3. The lowest BCUT2D eigenvalue weighted by molar-refractivity contribution is 0.0548. The lowest BCUT2D eigenvalue weighted by Crippen LogP contribution is -2.37. The second kappa shape index (κ2) is 10.6. The maximum atomic E-state index is 11.1. The predicted octanol–water partition coefficient (Wildman–Crippen LogP) is 1.53. The first-order chi connectivity index (χ1) is 12.3. The number of morpholine rings is 1. The van der Waals surface area contributed by atoms with E-state index in [4.69, 9.17) is 33.5 Å². The Morgan fingerprint density at radius 2 is 1.81 bits per heavy atom. The van der Waals surface area contributed by atoms with Gasteiger partial charge in [-0.1, -0.05) is 17.7 Å². The molecule has 1 aromatic carbocycles. The molecule has 0 radical (unpaired) electrons. The van der Waals surface area contributed by atoms with Crippen molar-refractivity contribution >= 4 is 17.6 Å². The zero-order valence-corrected chi connectivity index (χ0v) is 16.2. The monoisotopic (exact) mass is 382 g/mol. The second-order valence-electron chi connectivity index (χ2n) is 5.76. The number of halogens is 1. The van der Waals surface area contributed by atoms with Crippen LogP contribution in [0.4, 0.5) is 0 Å². The average Bonchev–Trinajstić information content (AvgIpc) is 2.62. The van der Waals surface area contributed by atoms with Crippen LogP contribution in [-0.4, -0.2) is 44.3 Å². The Labute approximate surface area is 159 Å². The van der Waals surface area contributed by atoms with E-state index >= 15 is 0 Å². The Hall–Kier alpha value is -2.38. The highest BCUT2D eigenvalue weighted by Crippen LogP contribution is 2.12. The number of esters is 1. The summed E-state index contributed by atoms with van der Waals surface area (Å²) in [6.45, 7) is 6.79. The lowest BCUT2D eigenvalue weighted by Gasteiger charge is -2.30. The minimum atomic E-state index is -0.280. The van der Waals surface area contributed by atoms with Gasteiger partial charge >= 0.3 is 5.97 Å². The summed E-state index contributed by atoms with van der Waals surface area (Å²) < 4.78 is 9.80. The number of hydrogen-bond acceptors (Lipinski definition) is 7. The van der Waals surface area contributed by atoms with Crippen LogP contribution in [0.25, 0.3) is 0 Å². The molecule has 6 N–H and O–H groups in total. The van der Waals surface area contributed by atoms with Crippen molar-refractivity contribution in [3.05, 3.63) is 57.6 Å². The average molecular weight is 383 g/mol. The highest BCUT2D eigenvalue weighted by molar-refractivity contribution is 6.29. The van der Waals surface area contributed by atoms with Gasteiger partial charge in [-0.3, -0.25) is 0 Å². The fourth-order valence-electron chi connectivity index (χ4n) is 2.28. The molecule has 26 heavy (non-hydrogen) atoms. The van der Waals surface area contributed by atoms with Crippen molar-refractivity contribution in [1.82, 2.24) is 4.90 Å². The minimum Gasteiger partial charge on any atom is -0.465 e.